The Kier molecular flexibility index (Phi) is 5.00. The van der Waals surface area contributed by atoms with E-state index in [2.05, 4.69) is 22.3 Å². The van der Waals surface area contributed by atoms with Gasteiger partial charge in [0.2, 0.25) is 5.78 Å². The molecule has 0 amide bonds. The van der Waals surface area contributed by atoms with E-state index in [0.29, 0.717) is 27.6 Å². The summed E-state index contributed by atoms with van der Waals surface area (Å²) in [6, 6.07) is 23.2. The van der Waals surface area contributed by atoms with E-state index >= 15 is 0 Å². The van der Waals surface area contributed by atoms with E-state index in [1.807, 2.05) is 78.9 Å². The average molecular weight is 438 g/mol. The van der Waals surface area contributed by atoms with E-state index in [0.717, 1.165) is 27.9 Å². The Hall–Kier alpha value is -3.89. The Balaban J connectivity index is 1.69. The van der Waals surface area contributed by atoms with Crippen molar-refractivity contribution in [1.82, 2.24) is 19.2 Å². The summed E-state index contributed by atoms with van der Waals surface area (Å²) in [7, 11) is 0. The number of aryl methyl sites for hydroxylation is 2. The van der Waals surface area contributed by atoms with Crippen LogP contribution in [0.4, 0.5) is 0 Å². The molecule has 0 N–H and O–H groups in total. The fraction of sp³-hybridized carbons (Fsp3) is 0.120. The topological polar surface area (TPSA) is 76.0 Å². The third-order valence-corrected chi connectivity index (χ3v) is 6.44. The van der Waals surface area contributed by atoms with Crippen molar-refractivity contribution in [3.63, 3.8) is 0 Å². The summed E-state index contributed by atoms with van der Waals surface area (Å²) >= 11 is 1.55. The first-order valence-electron chi connectivity index (χ1n) is 10.1. The molecule has 0 aliphatic carbocycles. The Morgan fingerprint density at radius 3 is 2.53 bits per heavy atom. The first-order chi connectivity index (χ1) is 15.6. The van der Waals surface area contributed by atoms with Crippen molar-refractivity contribution in [3.8, 4) is 11.8 Å². The first kappa shape index (κ1) is 20.0. The lowest BCUT2D eigenvalue weighted by Crippen LogP contribution is -2.22. The molecule has 0 aliphatic rings. The molecule has 0 fully saturated rings. The highest BCUT2D eigenvalue weighted by atomic mass is 32.2. The van der Waals surface area contributed by atoms with Gasteiger partial charge in [-0.1, -0.05) is 53.7 Å². The highest BCUT2D eigenvalue weighted by molar-refractivity contribution is 7.98. The number of fused-ring (bicyclic) bond motifs is 3. The number of para-hydroxylation sites is 1. The SMILES string of the molecule is Cc1ccc(-n2c(=O)c3ccccc3n3c(SCc4ccc(C#N)cc4)nnc23)c(C)c1. The summed E-state index contributed by atoms with van der Waals surface area (Å²) < 4.78 is 3.60. The molecule has 0 saturated heterocycles. The molecule has 156 valence electrons. The fourth-order valence-electron chi connectivity index (χ4n) is 3.87. The molecule has 6 nitrogen and oxygen atoms in total. The second-order valence-electron chi connectivity index (χ2n) is 7.66. The minimum absolute atomic E-state index is 0.115. The molecule has 5 rings (SSSR count). The van der Waals surface area contributed by atoms with Gasteiger partial charge in [0.25, 0.3) is 5.56 Å². The van der Waals surface area contributed by atoms with Crippen LogP contribution in [0.25, 0.3) is 22.4 Å². The van der Waals surface area contributed by atoms with Gasteiger partial charge in [0.05, 0.1) is 28.2 Å². The van der Waals surface area contributed by atoms with Gasteiger partial charge >= 0.3 is 0 Å². The summed E-state index contributed by atoms with van der Waals surface area (Å²) in [6.07, 6.45) is 0. The van der Waals surface area contributed by atoms with Crippen molar-refractivity contribution < 1.29 is 0 Å². The van der Waals surface area contributed by atoms with Crippen LogP contribution in [0.3, 0.4) is 0 Å². The van der Waals surface area contributed by atoms with E-state index in [1.165, 1.54) is 0 Å². The number of nitrogens with zero attached hydrogens (tertiary/aromatic N) is 5. The fourth-order valence-corrected chi connectivity index (χ4v) is 4.76. The summed E-state index contributed by atoms with van der Waals surface area (Å²) in [5.74, 6) is 1.16. The first-order valence-corrected chi connectivity index (χ1v) is 11.1. The molecule has 7 heteroatoms. The molecule has 32 heavy (non-hydrogen) atoms. The summed E-state index contributed by atoms with van der Waals surface area (Å²) in [5.41, 5.74) is 5.31. The van der Waals surface area contributed by atoms with Gasteiger partial charge in [-0.2, -0.15) is 5.26 Å². The third-order valence-electron chi connectivity index (χ3n) is 5.44. The van der Waals surface area contributed by atoms with Gasteiger partial charge in [-0.05, 0) is 55.3 Å². The normalized spacial score (nSPS) is 11.2. The Morgan fingerprint density at radius 1 is 1.00 bits per heavy atom. The average Bonchev–Trinajstić information content (AvgIpc) is 3.23. The van der Waals surface area contributed by atoms with Gasteiger partial charge in [0, 0.05) is 5.75 Å². The second-order valence-corrected chi connectivity index (χ2v) is 8.61. The zero-order valence-corrected chi connectivity index (χ0v) is 18.4. The molecule has 0 saturated carbocycles. The van der Waals surface area contributed by atoms with E-state index in [9.17, 15) is 4.79 Å². The molecule has 0 bridgehead atoms. The highest BCUT2D eigenvalue weighted by Gasteiger charge is 2.18. The predicted molar refractivity (Wildman–Crippen MR) is 126 cm³/mol. The van der Waals surface area contributed by atoms with Crippen molar-refractivity contribution >= 4 is 28.4 Å². The molecule has 0 aliphatic heterocycles. The van der Waals surface area contributed by atoms with Crippen molar-refractivity contribution in [2.24, 2.45) is 0 Å². The van der Waals surface area contributed by atoms with Gasteiger partial charge in [-0.3, -0.25) is 9.20 Å². The van der Waals surface area contributed by atoms with Crippen LogP contribution in [-0.4, -0.2) is 19.2 Å². The maximum atomic E-state index is 13.5. The van der Waals surface area contributed by atoms with Crippen LogP contribution in [-0.2, 0) is 5.75 Å². The van der Waals surface area contributed by atoms with Crippen molar-refractivity contribution in [1.29, 1.82) is 5.26 Å². The number of nitriles is 1. The van der Waals surface area contributed by atoms with Crippen LogP contribution in [0.5, 0.6) is 0 Å². The molecule has 3 aromatic carbocycles. The van der Waals surface area contributed by atoms with Gasteiger partial charge in [-0.25, -0.2) is 4.57 Å². The molecular formula is C25H19N5OS. The van der Waals surface area contributed by atoms with Crippen molar-refractivity contribution in [3.05, 3.63) is 99.3 Å². The quantitative estimate of drug-likeness (QED) is 0.377. The molecule has 5 aromatic rings. The lowest BCUT2D eigenvalue weighted by atomic mass is 10.1. The van der Waals surface area contributed by atoms with Gasteiger partial charge < -0.3 is 0 Å². The van der Waals surface area contributed by atoms with Crippen molar-refractivity contribution in [2.45, 2.75) is 24.8 Å². The maximum absolute atomic E-state index is 13.5. The lowest BCUT2D eigenvalue weighted by Gasteiger charge is -2.13. The molecule has 0 radical (unpaired) electrons. The molecule has 0 spiro atoms. The number of rotatable bonds is 4. The van der Waals surface area contributed by atoms with E-state index in [1.54, 1.807) is 16.3 Å². The number of aromatic nitrogens is 4. The monoisotopic (exact) mass is 437 g/mol. The third kappa shape index (κ3) is 3.35. The predicted octanol–water partition coefficient (Wildman–Crippen LogP) is 4.81. The standard InChI is InChI=1S/C25H19N5OS/c1-16-7-12-21(17(2)13-16)29-23(31)20-5-3-4-6-22(20)30-24(29)27-28-25(30)32-15-19-10-8-18(14-26)9-11-19/h3-13H,15H2,1-2H3. The Bertz CT molecular complexity index is 1580. The number of benzene rings is 3. The lowest BCUT2D eigenvalue weighted by molar-refractivity contribution is 0.928. The zero-order chi connectivity index (χ0) is 22.2. The molecular weight excluding hydrogens is 418 g/mol. The van der Waals surface area contributed by atoms with E-state index in [4.69, 9.17) is 5.26 Å². The molecule has 2 heterocycles. The zero-order valence-electron chi connectivity index (χ0n) is 17.6. The number of hydrogen-bond donors (Lipinski definition) is 0. The molecule has 0 unspecified atom stereocenters. The van der Waals surface area contributed by atoms with Gasteiger partial charge in [0.15, 0.2) is 5.16 Å². The van der Waals surface area contributed by atoms with Crippen LogP contribution in [0.2, 0.25) is 0 Å². The molecule has 0 atom stereocenters. The highest BCUT2D eigenvalue weighted by Crippen LogP contribution is 2.26. The maximum Gasteiger partial charge on any atom is 0.267 e. The smallest absolute Gasteiger partial charge is 0.267 e. The largest absolute Gasteiger partial charge is 0.268 e. The minimum atomic E-state index is -0.115. The Morgan fingerprint density at radius 2 is 1.78 bits per heavy atom. The van der Waals surface area contributed by atoms with E-state index < -0.39 is 0 Å². The number of thioether (sulfide) groups is 1. The van der Waals surface area contributed by atoms with Crippen LogP contribution in [0.1, 0.15) is 22.3 Å². The van der Waals surface area contributed by atoms with Crippen LogP contribution in [0.15, 0.2) is 76.7 Å². The van der Waals surface area contributed by atoms with Crippen LogP contribution < -0.4 is 5.56 Å². The van der Waals surface area contributed by atoms with Crippen molar-refractivity contribution in [2.75, 3.05) is 0 Å². The summed E-state index contributed by atoms with van der Waals surface area (Å²) in [5, 5.41) is 19.2. The van der Waals surface area contributed by atoms with Gasteiger partial charge in [0.1, 0.15) is 0 Å². The summed E-state index contributed by atoms with van der Waals surface area (Å²) in [6.45, 7) is 4.03. The summed E-state index contributed by atoms with van der Waals surface area (Å²) in [4.78, 5) is 13.5. The Labute approximate surface area is 188 Å². The van der Waals surface area contributed by atoms with Crippen LogP contribution in [0, 0.1) is 25.2 Å². The van der Waals surface area contributed by atoms with Crippen LogP contribution >= 0.6 is 11.8 Å². The van der Waals surface area contributed by atoms with Gasteiger partial charge in [-0.15, -0.1) is 10.2 Å². The minimum Gasteiger partial charge on any atom is -0.268 e. The second kappa shape index (κ2) is 7.98. The number of hydrogen-bond acceptors (Lipinski definition) is 5. The van der Waals surface area contributed by atoms with E-state index in [-0.39, 0.29) is 5.56 Å². The molecule has 2 aromatic heterocycles.